The van der Waals surface area contributed by atoms with E-state index in [-0.39, 0.29) is 0 Å². The van der Waals surface area contributed by atoms with Crippen molar-refractivity contribution in [3.05, 3.63) is 35.4 Å². The number of rotatable bonds is 1. The van der Waals surface area contributed by atoms with E-state index in [1.165, 1.54) is 0 Å². The monoisotopic (exact) mass is 171 g/mol. The van der Waals surface area contributed by atoms with Gasteiger partial charge in [-0.25, -0.2) is 0 Å². The molecule has 0 saturated carbocycles. The van der Waals surface area contributed by atoms with Crippen molar-refractivity contribution in [1.82, 2.24) is 0 Å². The molecule has 2 nitrogen and oxygen atoms in total. The lowest BCUT2D eigenvalue weighted by Gasteiger charge is -1.89. The van der Waals surface area contributed by atoms with Gasteiger partial charge in [0.05, 0.1) is 18.2 Å². The van der Waals surface area contributed by atoms with E-state index in [0.717, 1.165) is 5.56 Å². The molecule has 0 aliphatic carbocycles. The predicted molar refractivity (Wildman–Crippen MR) is 49.7 cm³/mol. The number of nitrogens with zero attached hydrogens (tertiary/aromatic N) is 1. The summed E-state index contributed by atoms with van der Waals surface area (Å²) in [7, 11) is 0. The molecule has 1 aromatic carbocycles. The van der Waals surface area contributed by atoms with Crippen LogP contribution in [0.5, 0.6) is 0 Å². The van der Waals surface area contributed by atoms with E-state index >= 15 is 0 Å². The van der Waals surface area contributed by atoms with Gasteiger partial charge in [0.15, 0.2) is 0 Å². The smallest absolute Gasteiger partial charge is 0.115 e. The van der Waals surface area contributed by atoms with Crippen LogP contribution in [0.1, 0.15) is 18.1 Å². The Morgan fingerprint density at radius 3 is 2.38 bits per heavy atom. The standard InChI is InChI=1S/C11H9NO/c1-2-13-8-7-10-3-5-11(9-12)6-4-10/h3-6H,2H2,1H3. The third-order valence-corrected chi connectivity index (χ3v) is 1.43. The van der Waals surface area contributed by atoms with Gasteiger partial charge >= 0.3 is 0 Å². The molecule has 0 radical (unpaired) electrons. The quantitative estimate of drug-likeness (QED) is 0.604. The molecule has 0 bridgehead atoms. The second kappa shape index (κ2) is 4.85. The van der Waals surface area contributed by atoms with Crippen LogP contribution < -0.4 is 0 Å². The Labute approximate surface area is 77.8 Å². The lowest BCUT2D eigenvalue weighted by Crippen LogP contribution is -1.79. The Hall–Kier alpha value is -1.93. The van der Waals surface area contributed by atoms with Crippen molar-refractivity contribution in [2.75, 3.05) is 6.61 Å². The fourth-order valence-electron chi connectivity index (χ4n) is 0.795. The average Bonchev–Trinajstić information content (AvgIpc) is 2.19. The van der Waals surface area contributed by atoms with Crippen LogP contribution in [0.25, 0.3) is 0 Å². The number of ether oxygens (including phenoxy) is 1. The normalized spacial score (nSPS) is 8.00. The number of benzene rings is 1. The van der Waals surface area contributed by atoms with E-state index < -0.39 is 0 Å². The first-order valence-corrected chi connectivity index (χ1v) is 3.99. The van der Waals surface area contributed by atoms with E-state index in [0.29, 0.717) is 12.2 Å². The minimum absolute atomic E-state index is 0.587. The molecule has 64 valence electrons. The van der Waals surface area contributed by atoms with E-state index in [4.69, 9.17) is 10.00 Å². The molecule has 0 N–H and O–H groups in total. The predicted octanol–water partition coefficient (Wildman–Crippen LogP) is 1.90. The fourth-order valence-corrected chi connectivity index (χ4v) is 0.795. The summed E-state index contributed by atoms with van der Waals surface area (Å²) < 4.78 is 4.87. The molecular formula is C11H9NO. The lowest BCUT2D eigenvalue weighted by molar-refractivity contribution is 0.299. The van der Waals surface area contributed by atoms with Crippen LogP contribution in [0.4, 0.5) is 0 Å². The van der Waals surface area contributed by atoms with Gasteiger partial charge in [-0.2, -0.15) is 5.26 Å². The molecule has 1 rings (SSSR count). The molecule has 0 unspecified atom stereocenters. The highest BCUT2D eigenvalue weighted by Crippen LogP contribution is 2.00. The lowest BCUT2D eigenvalue weighted by atomic mass is 10.2. The fraction of sp³-hybridized carbons (Fsp3) is 0.182. The van der Waals surface area contributed by atoms with E-state index in [2.05, 4.69) is 12.0 Å². The molecule has 0 atom stereocenters. The topological polar surface area (TPSA) is 33.0 Å². The molecule has 0 amide bonds. The molecule has 0 aliphatic heterocycles. The summed E-state index contributed by atoms with van der Waals surface area (Å²) in [4.78, 5) is 0. The van der Waals surface area contributed by atoms with Crippen LogP contribution in [0, 0.1) is 23.4 Å². The summed E-state index contributed by atoms with van der Waals surface area (Å²) in [6, 6.07) is 9.10. The van der Waals surface area contributed by atoms with Gasteiger partial charge in [0.1, 0.15) is 6.11 Å². The van der Waals surface area contributed by atoms with Crippen LogP contribution in [0.3, 0.4) is 0 Å². The highest BCUT2D eigenvalue weighted by Gasteiger charge is 1.88. The van der Waals surface area contributed by atoms with E-state index in [1.54, 1.807) is 24.3 Å². The average molecular weight is 171 g/mol. The molecule has 2 heteroatoms. The zero-order chi connectivity index (χ0) is 9.52. The highest BCUT2D eigenvalue weighted by atomic mass is 16.5. The molecule has 0 saturated heterocycles. The largest absolute Gasteiger partial charge is 0.447 e. The van der Waals surface area contributed by atoms with Crippen LogP contribution in [-0.4, -0.2) is 6.61 Å². The maximum Gasteiger partial charge on any atom is 0.115 e. The minimum atomic E-state index is 0.587. The highest BCUT2D eigenvalue weighted by molar-refractivity contribution is 5.39. The van der Waals surface area contributed by atoms with Crippen molar-refractivity contribution >= 4 is 0 Å². The van der Waals surface area contributed by atoms with Gasteiger partial charge in [-0.15, -0.1) is 0 Å². The first kappa shape index (κ1) is 9.16. The van der Waals surface area contributed by atoms with Gasteiger partial charge < -0.3 is 4.74 Å². The summed E-state index contributed by atoms with van der Waals surface area (Å²) >= 11 is 0. The first-order chi connectivity index (χ1) is 6.36. The number of nitriles is 1. The van der Waals surface area contributed by atoms with Gasteiger partial charge in [-0.1, -0.05) is 0 Å². The maximum atomic E-state index is 8.53. The van der Waals surface area contributed by atoms with Gasteiger partial charge in [-0.3, -0.25) is 0 Å². The van der Waals surface area contributed by atoms with Gasteiger partial charge in [0.2, 0.25) is 0 Å². The third-order valence-electron chi connectivity index (χ3n) is 1.43. The van der Waals surface area contributed by atoms with Gasteiger partial charge in [0.25, 0.3) is 0 Å². The summed E-state index contributed by atoms with van der Waals surface area (Å²) in [5, 5.41) is 8.53. The molecule has 1 aromatic rings. The Bertz CT molecular complexity index is 362. The first-order valence-electron chi connectivity index (χ1n) is 3.99. The second-order valence-corrected chi connectivity index (χ2v) is 2.35. The van der Waals surface area contributed by atoms with Crippen molar-refractivity contribution in [3.63, 3.8) is 0 Å². The molecule has 13 heavy (non-hydrogen) atoms. The van der Waals surface area contributed by atoms with Gasteiger partial charge in [0, 0.05) is 5.56 Å². The Balaban J connectivity index is 2.72. The summed E-state index contributed by atoms with van der Waals surface area (Å²) in [6.07, 6.45) is 2.56. The Morgan fingerprint density at radius 2 is 1.85 bits per heavy atom. The van der Waals surface area contributed by atoms with Crippen molar-refractivity contribution in [2.45, 2.75) is 6.92 Å². The zero-order valence-corrected chi connectivity index (χ0v) is 7.37. The Morgan fingerprint density at radius 1 is 1.23 bits per heavy atom. The summed E-state index contributed by atoms with van der Waals surface area (Å²) in [6.45, 7) is 2.47. The van der Waals surface area contributed by atoms with E-state index in [9.17, 15) is 0 Å². The zero-order valence-electron chi connectivity index (χ0n) is 7.37. The molecule has 0 aliphatic rings. The molecule has 0 heterocycles. The molecule has 0 spiro atoms. The SMILES string of the molecule is CCOC#Cc1ccc(C#N)cc1. The van der Waals surface area contributed by atoms with Crippen molar-refractivity contribution in [2.24, 2.45) is 0 Å². The van der Waals surface area contributed by atoms with Crippen LogP contribution >= 0.6 is 0 Å². The summed E-state index contributed by atoms with van der Waals surface area (Å²) in [5.74, 6) is 2.82. The van der Waals surface area contributed by atoms with E-state index in [1.807, 2.05) is 13.0 Å². The second-order valence-electron chi connectivity index (χ2n) is 2.35. The van der Waals surface area contributed by atoms with Crippen molar-refractivity contribution in [1.29, 1.82) is 5.26 Å². The molecular weight excluding hydrogens is 162 g/mol. The van der Waals surface area contributed by atoms with Crippen LogP contribution in [-0.2, 0) is 4.74 Å². The van der Waals surface area contributed by atoms with Crippen LogP contribution in [0.2, 0.25) is 0 Å². The maximum absolute atomic E-state index is 8.53. The van der Waals surface area contributed by atoms with Crippen LogP contribution in [0.15, 0.2) is 24.3 Å². The molecule has 0 aromatic heterocycles. The Kier molecular flexibility index (Phi) is 3.42. The van der Waals surface area contributed by atoms with Crippen molar-refractivity contribution < 1.29 is 4.74 Å². The summed E-state index contributed by atoms with van der Waals surface area (Å²) in [5.41, 5.74) is 1.49. The van der Waals surface area contributed by atoms with Crippen molar-refractivity contribution in [3.8, 4) is 18.1 Å². The molecule has 0 fully saturated rings. The van der Waals surface area contributed by atoms with Gasteiger partial charge in [-0.05, 0) is 37.1 Å². The minimum Gasteiger partial charge on any atom is -0.447 e. The number of hydrogen-bond donors (Lipinski definition) is 0. The third kappa shape index (κ3) is 2.89. The number of hydrogen-bond acceptors (Lipinski definition) is 2.